The Morgan fingerprint density at radius 1 is 1.04 bits per heavy atom. The van der Waals surface area contributed by atoms with Crippen molar-refractivity contribution in [2.24, 2.45) is 0 Å². The van der Waals surface area contributed by atoms with Crippen molar-refractivity contribution in [1.29, 1.82) is 0 Å². The summed E-state index contributed by atoms with van der Waals surface area (Å²) in [5.41, 5.74) is 1.92. The number of hydrogen-bond acceptors (Lipinski definition) is 4. The Labute approximate surface area is 168 Å². The maximum atomic E-state index is 13.6. The van der Waals surface area contributed by atoms with E-state index in [1.54, 1.807) is 24.3 Å². The van der Waals surface area contributed by atoms with Gasteiger partial charge >= 0.3 is 0 Å². The summed E-state index contributed by atoms with van der Waals surface area (Å²) in [5, 5.41) is 6.55. The minimum absolute atomic E-state index is 0.258. The molecule has 0 bridgehead atoms. The highest BCUT2D eigenvalue weighted by atomic mass is 35.5. The van der Waals surface area contributed by atoms with E-state index in [0.717, 1.165) is 12.0 Å². The van der Waals surface area contributed by atoms with Gasteiger partial charge in [-0.15, -0.1) is 0 Å². The minimum Gasteiger partial charge on any atom is -0.354 e. The first-order valence-corrected chi connectivity index (χ1v) is 9.32. The molecule has 1 heterocycles. The number of amides is 1. The lowest BCUT2D eigenvalue weighted by Gasteiger charge is -2.08. The Morgan fingerprint density at radius 2 is 1.89 bits per heavy atom. The molecule has 0 fully saturated rings. The zero-order valence-corrected chi connectivity index (χ0v) is 15.9. The van der Waals surface area contributed by atoms with Crippen LogP contribution in [0.4, 0.5) is 10.3 Å². The summed E-state index contributed by atoms with van der Waals surface area (Å²) in [7, 11) is 0. The van der Waals surface area contributed by atoms with Crippen LogP contribution in [-0.2, 0) is 12.8 Å². The molecule has 144 valence electrons. The molecule has 1 aromatic heterocycles. The molecule has 0 saturated carbocycles. The lowest BCUT2D eigenvalue weighted by Crippen LogP contribution is -2.27. The van der Waals surface area contributed by atoms with Crippen LogP contribution in [0, 0.1) is 5.82 Å². The molecule has 3 aromatic rings. The standard InChI is InChI=1S/C21H20ClFN4O/c22-17-6-3-4-15(14-17)8-11-25-21-26-13-10-19(27-21)20(28)24-12-9-16-5-1-2-7-18(16)23/h1-7,10,13-14H,8-9,11-12H2,(H,24,28)(H,25,26,27). The van der Waals surface area contributed by atoms with E-state index in [-0.39, 0.29) is 17.4 Å². The summed E-state index contributed by atoms with van der Waals surface area (Å²) >= 11 is 5.98. The molecule has 2 aromatic carbocycles. The fourth-order valence-electron chi connectivity index (χ4n) is 2.68. The van der Waals surface area contributed by atoms with Gasteiger partial charge in [-0.25, -0.2) is 14.4 Å². The second-order valence-electron chi connectivity index (χ2n) is 6.17. The predicted molar refractivity (Wildman–Crippen MR) is 108 cm³/mol. The fourth-order valence-corrected chi connectivity index (χ4v) is 2.90. The largest absolute Gasteiger partial charge is 0.354 e. The van der Waals surface area contributed by atoms with E-state index in [0.29, 0.717) is 36.0 Å². The first kappa shape index (κ1) is 19.8. The molecule has 1 amide bonds. The molecule has 0 saturated heterocycles. The van der Waals surface area contributed by atoms with Crippen LogP contribution < -0.4 is 10.6 Å². The summed E-state index contributed by atoms with van der Waals surface area (Å²) < 4.78 is 13.6. The van der Waals surface area contributed by atoms with Crippen LogP contribution in [0.25, 0.3) is 0 Å². The molecular weight excluding hydrogens is 379 g/mol. The van der Waals surface area contributed by atoms with Crippen LogP contribution in [-0.4, -0.2) is 29.0 Å². The average molecular weight is 399 g/mol. The van der Waals surface area contributed by atoms with Gasteiger partial charge in [-0.05, 0) is 48.2 Å². The highest BCUT2D eigenvalue weighted by Gasteiger charge is 2.09. The smallest absolute Gasteiger partial charge is 0.270 e. The number of halogens is 2. The lowest BCUT2D eigenvalue weighted by molar-refractivity contribution is 0.0949. The first-order chi connectivity index (χ1) is 13.6. The fraction of sp³-hybridized carbons (Fsp3) is 0.190. The molecule has 28 heavy (non-hydrogen) atoms. The number of benzene rings is 2. The second-order valence-corrected chi connectivity index (χ2v) is 6.61. The Morgan fingerprint density at radius 3 is 2.71 bits per heavy atom. The van der Waals surface area contributed by atoms with Crippen LogP contribution in [0.15, 0.2) is 60.8 Å². The van der Waals surface area contributed by atoms with Crippen molar-refractivity contribution >= 4 is 23.5 Å². The summed E-state index contributed by atoms with van der Waals surface area (Å²) in [6.45, 7) is 0.931. The number of nitrogens with one attached hydrogen (secondary N) is 2. The topological polar surface area (TPSA) is 66.9 Å². The molecule has 0 atom stereocenters. The van der Waals surface area contributed by atoms with Gasteiger partial charge in [-0.2, -0.15) is 0 Å². The van der Waals surface area contributed by atoms with Gasteiger partial charge < -0.3 is 10.6 Å². The molecule has 0 unspecified atom stereocenters. The summed E-state index contributed by atoms with van der Waals surface area (Å²) in [6, 6.07) is 15.7. The van der Waals surface area contributed by atoms with Gasteiger partial charge in [0.15, 0.2) is 0 Å². The molecule has 0 spiro atoms. The maximum absolute atomic E-state index is 13.6. The Balaban J connectivity index is 1.49. The van der Waals surface area contributed by atoms with E-state index >= 15 is 0 Å². The van der Waals surface area contributed by atoms with E-state index in [1.165, 1.54) is 12.3 Å². The van der Waals surface area contributed by atoms with Crippen molar-refractivity contribution in [3.63, 3.8) is 0 Å². The third-order valence-electron chi connectivity index (χ3n) is 4.11. The van der Waals surface area contributed by atoms with E-state index in [1.807, 2.05) is 24.3 Å². The number of nitrogens with zero attached hydrogens (tertiary/aromatic N) is 2. The quantitative estimate of drug-likeness (QED) is 0.604. The van der Waals surface area contributed by atoms with E-state index < -0.39 is 0 Å². The number of anilines is 1. The Hall–Kier alpha value is -2.99. The van der Waals surface area contributed by atoms with Crippen molar-refractivity contribution in [1.82, 2.24) is 15.3 Å². The molecule has 3 rings (SSSR count). The van der Waals surface area contributed by atoms with Gasteiger partial charge in [0.05, 0.1) is 0 Å². The normalized spacial score (nSPS) is 10.5. The summed E-state index contributed by atoms with van der Waals surface area (Å²) in [5.74, 6) is -0.217. The third kappa shape index (κ3) is 5.76. The number of hydrogen-bond donors (Lipinski definition) is 2. The Bertz CT molecular complexity index is 951. The van der Waals surface area contributed by atoms with Crippen molar-refractivity contribution in [2.75, 3.05) is 18.4 Å². The van der Waals surface area contributed by atoms with Gasteiger partial charge in [-0.1, -0.05) is 41.9 Å². The van der Waals surface area contributed by atoms with Crippen molar-refractivity contribution < 1.29 is 9.18 Å². The summed E-state index contributed by atoms with van der Waals surface area (Å²) in [6.07, 6.45) is 2.69. The van der Waals surface area contributed by atoms with Gasteiger partial charge in [0.2, 0.25) is 5.95 Å². The van der Waals surface area contributed by atoms with E-state index in [9.17, 15) is 9.18 Å². The highest BCUT2D eigenvalue weighted by Crippen LogP contribution is 2.11. The maximum Gasteiger partial charge on any atom is 0.270 e. The summed E-state index contributed by atoms with van der Waals surface area (Å²) in [4.78, 5) is 20.6. The van der Waals surface area contributed by atoms with Crippen molar-refractivity contribution in [3.05, 3.63) is 88.5 Å². The van der Waals surface area contributed by atoms with Crippen LogP contribution in [0.5, 0.6) is 0 Å². The number of carbonyl (C=O) groups is 1. The molecule has 0 radical (unpaired) electrons. The van der Waals surface area contributed by atoms with E-state index in [4.69, 9.17) is 11.6 Å². The molecule has 0 aliphatic rings. The van der Waals surface area contributed by atoms with Gasteiger partial charge in [0.1, 0.15) is 11.5 Å². The molecule has 7 heteroatoms. The lowest BCUT2D eigenvalue weighted by atomic mass is 10.1. The van der Waals surface area contributed by atoms with Crippen LogP contribution in [0.3, 0.4) is 0 Å². The Kier molecular flexibility index (Phi) is 6.92. The van der Waals surface area contributed by atoms with Gasteiger partial charge in [-0.3, -0.25) is 4.79 Å². The number of rotatable bonds is 8. The SMILES string of the molecule is O=C(NCCc1ccccc1F)c1ccnc(NCCc2cccc(Cl)c2)n1. The monoisotopic (exact) mass is 398 g/mol. The van der Waals surface area contributed by atoms with Crippen LogP contribution >= 0.6 is 11.6 Å². The van der Waals surface area contributed by atoms with Crippen LogP contribution in [0.1, 0.15) is 21.6 Å². The molecule has 2 N–H and O–H groups in total. The van der Waals surface area contributed by atoms with E-state index in [2.05, 4.69) is 20.6 Å². The zero-order valence-electron chi connectivity index (χ0n) is 15.2. The van der Waals surface area contributed by atoms with Crippen LogP contribution in [0.2, 0.25) is 5.02 Å². The van der Waals surface area contributed by atoms with Gasteiger partial charge in [0, 0.05) is 24.3 Å². The molecule has 0 aliphatic carbocycles. The molecule has 5 nitrogen and oxygen atoms in total. The molecular formula is C21H20ClFN4O. The zero-order chi connectivity index (χ0) is 19.8. The van der Waals surface area contributed by atoms with Crippen molar-refractivity contribution in [2.45, 2.75) is 12.8 Å². The number of carbonyl (C=O) groups excluding carboxylic acids is 1. The first-order valence-electron chi connectivity index (χ1n) is 8.95. The van der Waals surface area contributed by atoms with Gasteiger partial charge in [0.25, 0.3) is 5.91 Å². The highest BCUT2D eigenvalue weighted by molar-refractivity contribution is 6.30. The number of aromatic nitrogens is 2. The molecule has 0 aliphatic heterocycles. The third-order valence-corrected chi connectivity index (χ3v) is 4.35. The predicted octanol–water partition coefficient (Wildman–Crippen LogP) is 3.90. The minimum atomic E-state index is -0.323. The van der Waals surface area contributed by atoms with Crippen molar-refractivity contribution in [3.8, 4) is 0 Å². The second kappa shape index (κ2) is 9.80. The average Bonchev–Trinajstić information content (AvgIpc) is 2.70.